The predicted molar refractivity (Wildman–Crippen MR) is 164 cm³/mol. The van der Waals surface area contributed by atoms with Crippen LogP contribution in [0.5, 0.6) is 0 Å². The standard InChI is InChI=1S/C34H37ClN2O2S/c1-36(40(38,39)33-18-9-4-10-19-33)27-29(28-12-11-17-32(35)26-28)20-23-37-24-21-34(22-25-37,30-13-5-2-6-14-30)31-15-7-3-8-16-31/h2-19,26,29H,20-25,27H2,1H3. The van der Waals surface area contributed by atoms with Gasteiger partial charge in [-0.25, -0.2) is 12.7 Å². The maximum Gasteiger partial charge on any atom is 0.242 e. The molecule has 0 amide bonds. The number of rotatable bonds is 10. The molecule has 1 fully saturated rings. The molecule has 0 aromatic heterocycles. The highest BCUT2D eigenvalue weighted by Gasteiger charge is 2.37. The Balaban J connectivity index is 1.31. The van der Waals surface area contributed by atoms with E-state index in [0.29, 0.717) is 16.5 Å². The van der Waals surface area contributed by atoms with E-state index in [-0.39, 0.29) is 11.3 Å². The van der Waals surface area contributed by atoms with E-state index in [1.54, 1.807) is 31.3 Å². The topological polar surface area (TPSA) is 40.6 Å². The van der Waals surface area contributed by atoms with Gasteiger partial charge in [0, 0.05) is 24.0 Å². The SMILES string of the molecule is CN(CC(CCN1CCC(c2ccccc2)(c2ccccc2)CC1)c1cccc(Cl)c1)S(=O)(=O)c1ccccc1. The number of sulfonamides is 1. The Morgan fingerprint density at radius 1 is 0.800 bits per heavy atom. The second-order valence-electron chi connectivity index (χ2n) is 10.8. The second-order valence-corrected chi connectivity index (χ2v) is 13.3. The van der Waals surface area contributed by atoms with Gasteiger partial charge in [0.05, 0.1) is 4.90 Å². The Hall–Kier alpha value is -2.96. The minimum Gasteiger partial charge on any atom is -0.303 e. The van der Waals surface area contributed by atoms with Gasteiger partial charge in [0.2, 0.25) is 10.0 Å². The van der Waals surface area contributed by atoms with Crippen molar-refractivity contribution < 1.29 is 8.42 Å². The van der Waals surface area contributed by atoms with Crippen molar-refractivity contribution in [2.45, 2.75) is 35.5 Å². The van der Waals surface area contributed by atoms with Crippen molar-refractivity contribution in [3.05, 3.63) is 137 Å². The maximum atomic E-state index is 13.3. The number of likely N-dealkylation sites (N-methyl/N-ethyl adjacent to an activating group) is 1. The zero-order valence-corrected chi connectivity index (χ0v) is 24.6. The van der Waals surface area contributed by atoms with Crippen LogP contribution >= 0.6 is 11.6 Å². The smallest absolute Gasteiger partial charge is 0.242 e. The Kier molecular flexibility index (Phi) is 9.07. The van der Waals surface area contributed by atoms with Gasteiger partial charge in [-0.3, -0.25) is 0 Å². The molecule has 4 aromatic carbocycles. The van der Waals surface area contributed by atoms with E-state index in [2.05, 4.69) is 71.6 Å². The molecule has 1 aliphatic rings. The molecule has 1 unspecified atom stereocenters. The van der Waals surface area contributed by atoms with Gasteiger partial charge in [-0.15, -0.1) is 0 Å². The first-order valence-corrected chi connectivity index (χ1v) is 15.8. The highest BCUT2D eigenvalue weighted by Crippen LogP contribution is 2.42. The number of hydrogen-bond donors (Lipinski definition) is 0. The molecule has 0 bridgehead atoms. The summed E-state index contributed by atoms with van der Waals surface area (Å²) in [5.74, 6) is 0.0251. The van der Waals surface area contributed by atoms with Crippen LogP contribution in [-0.4, -0.2) is 50.8 Å². The van der Waals surface area contributed by atoms with E-state index >= 15 is 0 Å². The third-order valence-corrected chi connectivity index (χ3v) is 10.5. The summed E-state index contributed by atoms with van der Waals surface area (Å²) < 4.78 is 28.1. The number of nitrogens with zero attached hydrogens (tertiary/aromatic N) is 2. The Bertz CT molecular complexity index is 1430. The summed E-state index contributed by atoms with van der Waals surface area (Å²) >= 11 is 6.37. The molecule has 5 rings (SSSR count). The lowest BCUT2D eigenvalue weighted by Gasteiger charge is -2.43. The van der Waals surface area contributed by atoms with Crippen LogP contribution in [-0.2, 0) is 15.4 Å². The minimum absolute atomic E-state index is 0.00928. The van der Waals surface area contributed by atoms with Gasteiger partial charge in [0.1, 0.15) is 0 Å². The molecule has 40 heavy (non-hydrogen) atoms. The molecule has 0 radical (unpaired) electrons. The lowest BCUT2D eigenvalue weighted by Crippen LogP contribution is -2.44. The molecule has 1 atom stereocenters. The van der Waals surface area contributed by atoms with Crippen molar-refractivity contribution in [1.29, 1.82) is 0 Å². The zero-order valence-electron chi connectivity index (χ0n) is 23.0. The second kappa shape index (κ2) is 12.7. The van der Waals surface area contributed by atoms with Crippen molar-refractivity contribution in [2.24, 2.45) is 0 Å². The van der Waals surface area contributed by atoms with E-state index < -0.39 is 10.0 Å². The first kappa shape index (κ1) is 28.6. The zero-order chi connectivity index (χ0) is 28.0. The fraction of sp³-hybridized carbons (Fsp3) is 0.294. The van der Waals surface area contributed by atoms with Crippen molar-refractivity contribution >= 4 is 21.6 Å². The summed E-state index contributed by atoms with van der Waals surface area (Å²) in [6, 6.07) is 38.3. The molecule has 0 aliphatic carbocycles. The first-order chi connectivity index (χ1) is 19.4. The van der Waals surface area contributed by atoms with E-state index in [9.17, 15) is 8.42 Å². The van der Waals surface area contributed by atoms with Crippen LogP contribution in [0.2, 0.25) is 5.02 Å². The third-order valence-electron chi connectivity index (χ3n) is 8.41. The highest BCUT2D eigenvalue weighted by molar-refractivity contribution is 7.89. The van der Waals surface area contributed by atoms with Crippen molar-refractivity contribution in [3.8, 4) is 0 Å². The first-order valence-electron chi connectivity index (χ1n) is 14.0. The molecule has 1 heterocycles. The summed E-state index contributed by atoms with van der Waals surface area (Å²) in [7, 11) is -1.91. The van der Waals surface area contributed by atoms with Crippen LogP contribution in [0, 0.1) is 0 Å². The lowest BCUT2D eigenvalue weighted by molar-refractivity contribution is 0.172. The Morgan fingerprint density at radius 2 is 1.35 bits per heavy atom. The van der Waals surface area contributed by atoms with E-state index in [0.717, 1.165) is 44.5 Å². The number of halogens is 1. The molecule has 0 saturated carbocycles. The fourth-order valence-corrected chi connectivity index (χ4v) is 7.50. The largest absolute Gasteiger partial charge is 0.303 e. The van der Waals surface area contributed by atoms with Crippen molar-refractivity contribution in [3.63, 3.8) is 0 Å². The van der Waals surface area contributed by atoms with Crippen LogP contribution in [0.4, 0.5) is 0 Å². The molecule has 0 N–H and O–H groups in total. The molecule has 6 heteroatoms. The number of likely N-dealkylation sites (tertiary alicyclic amines) is 1. The van der Waals surface area contributed by atoms with Crippen LogP contribution in [0.3, 0.4) is 0 Å². The molecule has 208 valence electrons. The van der Waals surface area contributed by atoms with Gasteiger partial charge >= 0.3 is 0 Å². The molecule has 1 saturated heterocycles. The summed E-state index contributed by atoms with van der Waals surface area (Å²) in [5.41, 5.74) is 3.84. The Morgan fingerprint density at radius 3 is 1.90 bits per heavy atom. The molecule has 0 spiro atoms. The number of benzene rings is 4. The van der Waals surface area contributed by atoms with Crippen molar-refractivity contribution in [2.75, 3.05) is 33.2 Å². The predicted octanol–water partition coefficient (Wildman–Crippen LogP) is 7.22. The minimum atomic E-state index is -3.59. The molecule has 4 nitrogen and oxygen atoms in total. The van der Waals surface area contributed by atoms with Gasteiger partial charge in [0.25, 0.3) is 0 Å². The number of hydrogen-bond acceptors (Lipinski definition) is 3. The van der Waals surface area contributed by atoms with E-state index in [1.807, 2.05) is 24.3 Å². The van der Waals surface area contributed by atoms with Gasteiger partial charge in [-0.1, -0.05) is 103 Å². The molecular weight excluding hydrogens is 536 g/mol. The maximum absolute atomic E-state index is 13.3. The lowest BCUT2D eigenvalue weighted by atomic mass is 9.68. The Labute approximate surface area is 244 Å². The van der Waals surface area contributed by atoms with Crippen LogP contribution in [0.15, 0.2) is 120 Å². The molecular formula is C34H37ClN2O2S. The molecule has 4 aromatic rings. The molecule has 1 aliphatic heterocycles. The number of piperidine rings is 1. The monoisotopic (exact) mass is 572 g/mol. The van der Waals surface area contributed by atoms with Gasteiger partial charge < -0.3 is 4.90 Å². The summed E-state index contributed by atoms with van der Waals surface area (Å²) in [5, 5.41) is 0.671. The summed E-state index contributed by atoms with van der Waals surface area (Å²) in [4.78, 5) is 2.85. The van der Waals surface area contributed by atoms with Gasteiger partial charge in [-0.05, 0) is 85.8 Å². The average Bonchev–Trinajstić information content (AvgIpc) is 3.00. The third kappa shape index (κ3) is 6.34. The summed E-state index contributed by atoms with van der Waals surface area (Å²) in [6.45, 7) is 3.27. The van der Waals surface area contributed by atoms with E-state index in [1.165, 1.54) is 15.4 Å². The van der Waals surface area contributed by atoms with Crippen LogP contribution in [0.1, 0.15) is 41.9 Å². The van der Waals surface area contributed by atoms with Crippen LogP contribution in [0.25, 0.3) is 0 Å². The van der Waals surface area contributed by atoms with E-state index in [4.69, 9.17) is 11.6 Å². The fourth-order valence-electron chi connectivity index (χ4n) is 6.06. The highest BCUT2D eigenvalue weighted by atomic mass is 35.5. The average molecular weight is 573 g/mol. The summed E-state index contributed by atoms with van der Waals surface area (Å²) in [6.07, 6.45) is 2.94. The quantitative estimate of drug-likeness (QED) is 0.201. The van der Waals surface area contributed by atoms with Crippen LogP contribution < -0.4 is 0 Å². The van der Waals surface area contributed by atoms with Gasteiger partial charge in [0.15, 0.2) is 0 Å². The normalized spacial score (nSPS) is 16.6. The van der Waals surface area contributed by atoms with Gasteiger partial charge in [-0.2, -0.15) is 0 Å². The van der Waals surface area contributed by atoms with Crippen molar-refractivity contribution in [1.82, 2.24) is 9.21 Å².